The van der Waals surface area contributed by atoms with Crippen molar-refractivity contribution in [3.8, 4) is 0 Å². The summed E-state index contributed by atoms with van der Waals surface area (Å²) in [5.74, 6) is 0. The van der Waals surface area contributed by atoms with Gasteiger partial charge in [-0.05, 0) is 42.4 Å². The molecule has 2 heterocycles. The van der Waals surface area contributed by atoms with Gasteiger partial charge in [-0.1, -0.05) is 29.8 Å². The van der Waals surface area contributed by atoms with E-state index in [-0.39, 0.29) is 5.56 Å². The Kier molecular flexibility index (Phi) is 3.86. The molecule has 0 saturated heterocycles. The van der Waals surface area contributed by atoms with E-state index in [0.29, 0.717) is 33.8 Å². The molecule has 0 amide bonds. The molecule has 4 nitrogen and oxygen atoms in total. The Balaban J connectivity index is 2.00. The zero-order chi connectivity index (χ0) is 14.8. The predicted octanol–water partition coefficient (Wildman–Crippen LogP) is 3.35. The van der Waals surface area contributed by atoms with Crippen LogP contribution in [0.25, 0.3) is 11.0 Å². The van der Waals surface area contributed by atoms with Gasteiger partial charge in [0.15, 0.2) is 4.77 Å². The van der Waals surface area contributed by atoms with Crippen LogP contribution in [-0.4, -0.2) is 14.5 Å². The summed E-state index contributed by atoms with van der Waals surface area (Å²) in [7, 11) is 0. The number of aromatic amines is 1. The number of H-pyrrole nitrogens is 1. The van der Waals surface area contributed by atoms with Gasteiger partial charge in [-0.3, -0.25) is 9.36 Å². The topological polar surface area (TPSA) is 50.7 Å². The van der Waals surface area contributed by atoms with Crippen LogP contribution in [0, 0.1) is 4.77 Å². The molecule has 6 heteroatoms. The molecule has 21 heavy (non-hydrogen) atoms. The molecule has 0 aliphatic heterocycles. The van der Waals surface area contributed by atoms with Gasteiger partial charge in [0, 0.05) is 17.8 Å². The molecule has 3 rings (SSSR count). The molecule has 0 aliphatic carbocycles. The van der Waals surface area contributed by atoms with Crippen LogP contribution in [0.3, 0.4) is 0 Å². The molecular formula is C15H12ClN3OS. The fourth-order valence-electron chi connectivity index (χ4n) is 2.22. The van der Waals surface area contributed by atoms with Crippen LogP contribution >= 0.6 is 23.8 Å². The van der Waals surface area contributed by atoms with E-state index in [9.17, 15) is 4.79 Å². The summed E-state index contributed by atoms with van der Waals surface area (Å²) in [6.07, 6.45) is 2.27. The minimum atomic E-state index is -0.131. The molecule has 3 aromatic rings. The average molecular weight is 318 g/mol. The quantitative estimate of drug-likeness (QED) is 0.754. The van der Waals surface area contributed by atoms with E-state index in [2.05, 4.69) is 9.97 Å². The molecule has 0 radical (unpaired) electrons. The number of nitrogens with one attached hydrogen (secondary N) is 1. The van der Waals surface area contributed by atoms with E-state index in [1.807, 2.05) is 24.3 Å². The highest BCUT2D eigenvalue weighted by molar-refractivity contribution is 7.71. The van der Waals surface area contributed by atoms with E-state index in [1.54, 1.807) is 22.9 Å². The van der Waals surface area contributed by atoms with Crippen LogP contribution in [0.5, 0.6) is 0 Å². The summed E-state index contributed by atoms with van der Waals surface area (Å²) in [5.41, 5.74) is 1.38. The van der Waals surface area contributed by atoms with Gasteiger partial charge in [-0.25, -0.2) is 4.98 Å². The van der Waals surface area contributed by atoms with E-state index >= 15 is 0 Å². The van der Waals surface area contributed by atoms with E-state index in [0.717, 1.165) is 5.56 Å². The number of benzene rings is 1. The van der Waals surface area contributed by atoms with E-state index < -0.39 is 0 Å². The van der Waals surface area contributed by atoms with Crippen LogP contribution in [0.15, 0.2) is 47.4 Å². The van der Waals surface area contributed by atoms with Crippen molar-refractivity contribution in [2.75, 3.05) is 0 Å². The second-order valence-corrected chi connectivity index (χ2v) is 5.42. The standard InChI is InChI=1S/C15H12ClN3OS/c16-12-6-2-1-4-10(12)7-9-19-14(20)11-5-3-8-17-13(11)18-15(19)21/h1-6,8H,7,9H2,(H,17,18,21). The second kappa shape index (κ2) is 5.79. The third kappa shape index (κ3) is 2.75. The highest BCUT2D eigenvalue weighted by Crippen LogP contribution is 2.15. The van der Waals surface area contributed by atoms with Crippen LogP contribution in [0.2, 0.25) is 5.02 Å². The number of rotatable bonds is 3. The molecule has 0 bridgehead atoms. The summed E-state index contributed by atoms with van der Waals surface area (Å²) in [5, 5.41) is 1.23. The van der Waals surface area contributed by atoms with Gasteiger partial charge in [-0.2, -0.15) is 0 Å². The zero-order valence-corrected chi connectivity index (χ0v) is 12.6. The lowest BCUT2D eigenvalue weighted by molar-refractivity contribution is 0.651. The number of hydrogen-bond acceptors (Lipinski definition) is 3. The average Bonchev–Trinajstić information content (AvgIpc) is 2.49. The molecule has 0 saturated carbocycles. The fourth-order valence-corrected chi connectivity index (χ4v) is 2.72. The maximum absolute atomic E-state index is 12.5. The first-order chi connectivity index (χ1) is 10.2. The van der Waals surface area contributed by atoms with Crippen molar-refractivity contribution in [3.05, 3.63) is 68.3 Å². The lowest BCUT2D eigenvalue weighted by atomic mass is 10.1. The summed E-state index contributed by atoms with van der Waals surface area (Å²) in [6, 6.07) is 11.1. The molecule has 0 atom stereocenters. The molecule has 2 aromatic heterocycles. The normalized spacial score (nSPS) is 10.9. The molecule has 106 valence electrons. The van der Waals surface area contributed by atoms with Crippen molar-refractivity contribution in [3.63, 3.8) is 0 Å². The van der Waals surface area contributed by atoms with Gasteiger partial charge >= 0.3 is 0 Å². The van der Waals surface area contributed by atoms with E-state index in [4.69, 9.17) is 23.8 Å². The summed E-state index contributed by atoms with van der Waals surface area (Å²) < 4.78 is 1.92. The molecular weight excluding hydrogens is 306 g/mol. The van der Waals surface area contributed by atoms with Gasteiger partial charge in [0.05, 0.1) is 5.39 Å². The second-order valence-electron chi connectivity index (χ2n) is 4.63. The Labute approximate surface area is 131 Å². The Morgan fingerprint density at radius 3 is 2.86 bits per heavy atom. The third-order valence-corrected chi connectivity index (χ3v) is 4.01. The van der Waals surface area contributed by atoms with Crippen LogP contribution < -0.4 is 5.56 Å². The summed E-state index contributed by atoms with van der Waals surface area (Å²) in [6.45, 7) is 0.475. The number of fused-ring (bicyclic) bond motifs is 1. The molecule has 1 N–H and O–H groups in total. The van der Waals surface area contributed by atoms with Crippen molar-refractivity contribution < 1.29 is 0 Å². The van der Waals surface area contributed by atoms with Crippen molar-refractivity contribution >= 4 is 34.9 Å². The third-order valence-electron chi connectivity index (χ3n) is 3.32. The predicted molar refractivity (Wildman–Crippen MR) is 86.3 cm³/mol. The smallest absolute Gasteiger partial charge is 0.263 e. The first-order valence-electron chi connectivity index (χ1n) is 6.48. The summed E-state index contributed by atoms with van der Waals surface area (Å²) >= 11 is 11.4. The number of aromatic nitrogens is 3. The Bertz CT molecular complexity index is 916. The van der Waals surface area contributed by atoms with Crippen LogP contribution in [0.1, 0.15) is 5.56 Å². The number of pyridine rings is 1. The number of aryl methyl sites for hydroxylation is 1. The van der Waals surface area contributed by atoms with Crippen LogP contribution in [-0.2, 0) is 13.0 Å². The van der Waals surface area contributed by atoms with Crippen molar-refractivity contribution in [2.45, 2.75) is 13.0 Å². The molecule has 0 aliphatic rings. The fraction of sp³-hybridized carbons (Fsp3) is 0.133. The van der Waals surface area contributed by atoms with Gasteiger partial charge < -0.3 is 4.98 Å². The minimum Gasteiger partial charge on any atom is -0.316 e. The minimum absolute atomic E-state index is 0.131. The molecule has 1 aromatic carbocycles. The number of halogens is 1. The van der Waals surface area contributed by atoms with Crippen molar-refractivity contribution in [1.82, 2.24) is 14.5 Å². The van der Waals surface area contributed by atoms with Crippen molar-refractivity contribution in [1.29, 1.82) is 0 Å². The van der Waals surface area contributed by atoms with Crippen molar-refractivity contribution in [2.24, 2.45) is 0 Å². The Morgan fingerprint density at radius 2 is 2.05 bits per heavy atom. The monoisotopic (exact) mass is 317 g/mol. The molecule has 0 spiro atoms. The van der Waals surface area contributed by atoms with Gasteiger partial charge in [0.1, 0.15) is 5.65 Å². The zero-order valence-electron chi connectivity index (χ0n) is 11.0. The Hall–Kier alpha value is -1.98. The number of nitrogens with zero attached hydrogens (tertiary/aromatic N) is 2. The first-order valence-corrected chi connectivity index (χ1v) is 7.26. The van der Waals surface area contributed by atoms with Gasteiger partial charge in [0.25, 0.3) is 5.56 Å². The maximum atomic E-state index is 12.5. The van der Waals surface area contributed by atoms with E-state index in [1.165, 1.54) is 0 Å². The molecule has 0 fully saturated rings. The van der Waals surface area contributed by atoms with Crippen LogP contribution in [0.4, 0.5) is 0 Å². The summed E-state index contributed by atoms with van der Waals surface area (Å²) in [4.78, 5) is 19.6. The Morgan fingerprint density at radius 1 is 1.24 bits per heavy atom. The highest BCUT2D eigenvalue weighted by Gasteiger charge is 2.07. The maximum Gasteiger partial charge on any atom is 0.263 e. The SMILES string of the molecule is O=c1c2cccnc2[nH]c(=S)n1CCc1ccccc1Cl. The largest absolute Gasteiger partial charge is 0.316 e. The van der Waals surface area contributed by atoms with Gasteiger partial charge in [-0.15, -0.1) is 0 Å². The number of hydrogen-bond donors (Lipinski definition) is 1. The first kappa shape index (κ1) is 14.0. The lowest BCUT2D eigenvalue weighted by Crippen LogP contribution is -2.23. The highest BCUT2D eigenvalue weighted by atomic mass is 35.5. The van der Waals surface area contributed by atoms with Gasteiger partial charge in [0.2, 0.25) is 0 Å². The molecule has 0 unspecified atom stereocenters. The lowest BCUT2D eigenvalue weighted by Gasteiger charge is -2.08.